The van der Waals surface area contributed by atoms with Crippen LogP contribution in [0.1, 0.15) is 70.5 Å². The van der Waals surface area contributed by atoms with Crippen molar-refractivity contribution in [2.75, 3.05) is 13.7 Å². The van der Waals surface area contributed by atoms with Gasteiger partial charge in [-0.05, 0) is 53.0 Å². The van der Waals surface area contributed by atoms with Crippen molar-refractivity contribution < 1.29 is 9.26 Å². The average molecular weight is 281 g/mol. The number of nitrogens with zero attached hydrogens (tertiary/aromatic N) is 2. The molecule has 1 saturated carbocycles. The molecule has 0 radical (unpaired) electrons. The maximum absolute atomic E-state index is 5.99. The zero-order chi connectivity index (χ0) is 14.6. The van der Waals surface area contributed by atoms with E-state index in [0.29, 0.717) is 12.6 Å². The third-order valence-corrected chi connectivity index (χ3v) is 4.50. The van der Waals surface area contributed by atoms with Crippen LogP contribution in [0.5, 0.6) is 0 Å². The zero-order valence-electron chi connectivity index (χ0n) is 13.1. The highest BCUT2D eigenvalue weighted by atomic mass is 16.5. The lowest BCUT2D eigenvalue weighted by Crippen LogP contribution is -2.30. The van der Waals surface area contributed by atoms with Crippen molar-refractivity contribution in [1.82, 2.24) is 15.5 Å². The molecule has 1 aromatic rings. The van der Waals surface area contributed by atoms with Crippen LogP contribution in [-0.4, -0.2) is 29.8 Å². The van der Waals surface area contributed by atoms with Gasteiger partial charge in [-0.3, -0.25) is 0 Å². The average Bonchev–Trinajstić information content (AvgIpc) is 3.10. The van der Waals surface area contributed by atoms with Crippen LogP contribution in [0, 0.1) is 0 Å². The molecule has 1 aliphatic carbocycles. The van der Waals surface area contributed by atoms with Gasteiger partial charge < -0.3 is 14.6 Å². The summed E-state index contributed by atoms with van der Waals surface area (Å²) >= 11 is 0. The van der Waals surface area contributed by atoms with Gasteiger partial charge in [-0.1, -0.05) is 12.1 Å². The fourth-order valence-electron chi connectivity index (χ4n) is 3.17. The van der Waals surface area contributed by atoms with E-state index < -0.39 is 0 Å². The number of hydrogen-bond donors (Lipinski definition) is 1. The van der Waals surface area contributed by atoms with Crippen LogP contribution in [0.2, 0.25) is 0 Å². The second-order valence-electron chi connectivity index (χ2n) is 5.68. The van der Waals surface area contributed by atoms with E-state index in [1.807, 2.05) is 14.0 Å². The van der Waals surface area contributed by atoms with E-state index in [4.69, 9.17) is 9.26 Å². The minimum Gasteiger partial charge on any atom is -0.367 e. The number of hydrogen-bond acceptors (Lipinski definition) is 5. The molecule has 0 saturated heterocycles. The zero-order valence-corrected chi connectivity index (χ0v) is 13.1. The van der Waals surface area contributed by atoms with E-state index in [1.165, 1.54) is 12.8 Å². The third-order valence-electron chi connectivity index (χ3n) is 4.50. The molecule has 5 heteroatoms. The second kappa shape index (κ2) is 6.68. The SMILES string of the molecule is CCOC1(c2noc(C(CC)C(C)NC)n2)CCCC1. The molecular weight excluding hydrogens is 254 g/mol. The van der Waals surface area contributed by atoms with Gasteiger partial charge in [0.2, 0.25) is 11.7 Å². The molecule has 0 spiro atoms. The molecule has 1 aliphatic rings. The molecule has 1 N–H and O–H groups in total. The molecule has 20 heavy (non-hydrogen) atoms. The third kappa shape index (κ3) is 2.88. The summed E-state index contributed by atoms with van der Waals surface area (Å²) in [5, 5.41) is 7.50. The van der Waals surface area contributed by atoms with Crippen molar-refractivity contribution in [3.05, 3.63) is 11.7 Å². The van der Waals surface area contributed by atoms with E-state index in [0.717, 1.165) is 31.0 Å². The topological polar surface area (TPSA) is 60.2 Å². The van der Waals surface area contributed by atoms with E-state index in [2.05, 4.69) is 29.3 Å². The predicted octanol–water partition coefficient (Wildman–Crippen LogP) is 2.98. The standard InChI is InChI=1S/C15H27N3O2/c1-5-12(11(3)16-4)13-17-14(18-20-13)15(19-6-2)9-7-8-10-15/h11-12,16H,5-10H2,1-4H3. The van der Waals surface area contributed by atoms with Crippen LogP contribution in [-0.2, 0) is 10.3 Å². The molecule has 2 rings (SSSR count). The number of nitrogens with one attached hydrogen (secondary N) is 1. The maximum atomic E-state index is 5.99. The summed E-state index contributed by atoms with van der Waals surface area (Å²) in [7, 11) is 1.96. The van der Waals surface area contributed by atoms with E-state index in [-0.39, 0.29) is 11.5 Å². The van der Waals surface area contributed by atoms with Crippen LogP contribution in [0.4, 0.5) is 0 Å². The van der Waals surface area contributed by atoms with Crippen LogP contribution < -0.4 is 5.32 Å². The van der Waals surface area contributed by atoms with Gasteiger partial charge in [0.1, 0.15) is 5.60 Å². The highest BCUT2D eigenvalue weighted by Crippen LogP contribution is 2.41. The van der Waals surface area contributed by atoms with E-state index in [9.17, 15) is 0 Å². The highest BCUT2D eigenvalue weighted by molar-refractivity contribution is 5.07. The van der Waals surface area contributed by atoms with Gasteiger partial charge in [0.05, 0.1) is 5.92 Å². The van der Waals surface area contributed by atoms with Crippen molar-refractivity contribution >= 4 is 0 Å². The summed E-state index contributed by atoms with van der Waals surface area (Å²) in [6.07, 6.45) is 5.32. The summed E-state index contributed by atoms with van der Waals surface area (Å²) in [5.74, 6) is 1.73. The Hall–Kier alpha value is -0.940. The van der Waals surface area contributed by atoms with Gasteiger partial charge in [-0.15, -0.1) is 0 Å². The van der Waals surface area contributed by atoms with Gasteiger partial charge in [0.15, 0.2) is 0 Å². The van der Waals surface area contributed by atoms with Gasteiger partial charge in [0.25, 0.3) is 0 Å². The Bertz CT molecular complexity index is 413. The Morgan fingerprint density at radius 1 is 1.35 bits per heavy atom. The normalized spacial score (nSPS) is 21.0. The lowest BCUT2D eigenvalue weighted by molar-refractivity contribution is -0.0469. The molecular formula is C15H27N3O2. The smallest absolute Gasteiger partial charge is 0.231 e. The molecule has 114 valence electrons. The van der Waals surface area contributed by atoms with Crippen molar-refractivity contribution in [3.63, 3.8) is 0 Å². The fraction of sp³-hybridized carbons (Fsp3) is 0.867. The molecule has 2 atom stereocenters. The molecule has 0 aromatic carbocycles. The van der Waals surface area contributed by atoms with Crippen LogP contribution in [0.15, 0.2) is 4.52 Å². The van der Waals surface area contributed by atoms with Gasteiger partial charge in [-0.25, -0.2) is 0 Å². The minimum atomic E-state index is -0.308. The van der Waals surface area contributed by atoms with Crippen LogP contribution >= 0.6 is 0 Å². The summed E-state index contributed by atoms with van der Waals surface area (Å²) in [6.45, 7) is 7.01. The number of aromatic nitrogens is 2. The second-order valence-corrected chi connectivity index (χ2v) is 5.68. The Morgan fingerprint density at radius 3 is 2.60 bits per heavy atom. The first kappa shape index (κ1) is 15.4. The molecule has 1 fully saturated rings. The first-order valence-corrected chi connectivity index (χ1v) is 7.82. The number of ether oxygens (including phenoxy) is 1. The number of rotatable bonds is 7. The summed E-state index contributed by atoms with van der Waals surface area (Å²) in [4.78, 5) is 4.68. The quantitative estimate of drug-likeness (QED) is 0.832. The van der Waals surface area contributed by atoms with E-state index >= 15 is 0 Å². The van der Waals surface area contributed by atoms with Crippen molar-refractivity contribution in [2.45, 2.75) is 70.4 Å². The van der Waals surface area contributed by atoms with Gasteiger partial charge in [0, 0.05) is 12.6 Å². The molecule has 0 aliphatic heterocycles. The molecule has 2 unspecified atom stereocenters. The highest BCUT2D eigenvalue weighted by Gasteiger charge is 2.41. The van der Waals surface area contributed by atoms with Gasteiger partial charge in [-0.2, -0.15) is 4.98 Å². The monoisotopic (exact) mass is 281 g/mol. The fourth-order valence-corrected chi connectivity index (χ4v) is 3.17. The Kier molecular flexibility index (Phi) is 5.16. The van der Waals surface area contributed by atoms with Crippen LogP contribution in [0.25, 0.3) is 0 Å². The summed E-state index contributed by atoms with van der Waals surface area (Å²) < 4.78 is 11.5. The summed E-state index contributed by atoms with van der Waals surface area (Å²) in [6, 6.07) is 0.319. The lowest BCUT2D eigenvalue weighted by Gasteiger charge is -2.24. The molecule has 0 amide bonds. The largest absolute Gasteiger partial charge is 0.367 e. The Morgan fingerprint density at radius 2 is 2.05 bits per heavy atom. The lowest BCUT2D eigenvalue weighted by atomic mass is 9.98. The Balaban J connectivity index is 2.22. The van der Waals surface area contributed by atoms with Crippen LogP contribution in [0.3, 0.4) is 0 Å². The van der Waals surface area contributed by atoms with Crippen molar-refractivity contribution in [1.29, 1.82) is 0 Å². The van der Waals surface area contributed by atoms with E-state index in [1.54, 1.807) is 0 Å². The molecule has 5 nitrogen and oxygen atoms in total. The molecule has 1 aromatic heterocycles. The van der Waals surface area contributed by atoms with Crippen molar-refractivity contribution in [2.24, 2.45) is 0 Å². The number of likely N-dealkylation sites (N-methyl/N-ethyl adjacent to an activating group) is 1. The molecule has 0 bridgehead atoms. The summed E-state index contributed by atoms with van der Waals surface area (Å²) in [5.41, 5.74) is -0.308. The van der Waals surface area contributed by atoms with Crippen molar-refractivity contribution in [3.8, 4) is 0 Å². The first-order valence-electron chi connectivity index (χ1n) is 7.82. The predicted molar refractivity (Wildman–Crippen MR) is 77.6 cm³/mol. The molecule has 1 heterocycles. The Labute approximate surface area is 121 Å². The van der Waals surface area contributed by atoms with Gasteiger partial charge >= 0.3 is 0 Å². The maximum Gasteiger partial charge on any atom is 0.231 e. The minimum absolute atomic E-state index is 0.251. The first-order chi connectivity index (χ1) is 9.66.